The maximum Gasteiger partial charge on any atom is 0.407 e. The van der Waals surface area contributed by atoms with Crippen molar-refractivity contribution in [2.75, 3.05) is 26.3 Å². The molecule has 3 atom stereocenters. The Morgan fingerprint density at radius 1 is 1.05 bits per heavy atom. The Hall–Kier alpha value is -3.66. The monoisotopic (exact) mass is 599 g/mol. The molecule has 3 N–H and O–H groups in total. The number of hydrogen-bond donors (Lipinski definition) is 3. The van der Waals surface area contributed by atoms with Crippen LogP contribution in [0.5, 0.6) is 0 Å². The summed E-state index contributed by atoms with van der Waals surface area (Å²) in [5.41, 5.74) is 0.900. The Kier molecular flexibility index (Phi) is 17.4. The van der Waals surface area contributed by atoms with Gasteiger partial charge in [-0.3, -0.25) is 14.4 Å². The van der Waals surface area contributed by atoms with Crippen LogP contribution in [0.25, 0.3) is 0 Å². The summed E-state index contributed by atoms with van der Waals surface area (Å²) in [5, 5.41) is 15.3. The van der Waals surface area contributed by atoms with E-state index in [0.29, 0.717) is 51.6 Å². The van der Waals surface area contributed by atoms with Crippen molar-refractivity contribution in [3.63, 3.8) is 0 Å². The molecule has 2 rings (SSSR count). The number of nitrogens with zero attached hydrogens (tertiary/aromatic N) is 1. The highest BCUT2D eigenvalue weighted by atomic mass is 16.5. The van der Waals surface area contributed by atoms with Crippen molar-refractivity contribution in [2.45, 2.75) is 89.3 Å². The number of allylic oxidation sites excluding steroid dienone is 2. The first kappa shape index (κ1) is 35.5. The lowest BCUT2D eigenvalue weighted by Gasteiger charge is -2.26. The maximum absolute atomic E-state index is 13.3. The highest BCUT2D eigenvalue weighted by molar-refractivity contribution is 5.86. The van der Waals surface area contributed by atoms with Crippen LogP contribution in [0, 0.1) is 5.92 Å². The number of aliphatic hydroxyl groups is 1. The molecule has 0 saturated carbocycles. The Bertz CT molecular complexity index is 1020. The molecule has 0 aliphatic carbocycles. The van der Waals surface area contributed by atoms with Gasteiger partial charge < -0.3 is 30.1 Å². The van der Waals surface area contributed by atoms with Gasteiger partial charge in [0.1, 0.15) is 13.2 Å². The maximum atomic E-state index is 13.3. The summed E-state index contributed by atoms with van der Waals surface area (Å²) < 4.78 is 10.7. The van der Waals surface area contributed by atoms with E-state index in [4.69, 9.17) is 9.47 Å². The molecule has 1 aromatic rings. The van der Waals surface area contributed by atoms with E-state index >= 15 is 0 Å². The van der Waals surface area contributed by atoms with Gasteiger partial charge in [-0.1, -0.05) is 42.5 Å². The molecule has 0 unspecified atom stereocenters. The SMILES string of the molecule is C=CCCCCC(=O)OC[C@H](CCCCNC(=O)OCc1ccccc1)NC(=O)[C@H](CC=C)CC(=O)N1CCC[C@H]1CO. The topological polar surface area (TPSA) is 134 Å². The van der Waals surface area contributed by atoms with E-state index in [9.17, 15) is 24.3 Å². The van der Waals surface area contributed by atoms with Gasteiger partial charge in [-0.25, -0.2) is 4.79 Å². The van der Waals surface area contributed by atoms with Crippen LogP contribution in [-0.2, 0) is 30.5 Å². The average Bonchev–Trinajstić information content (AvgIpc) is 3.50. The van der Waals surface area contributed by atoms with Crippen LogP contribution in [-0.4, -0.2) is 72.3 Å². The number of ether oxygens (including phenoxy) is 2. The molecule has 0 bridgehead atoms. The van der Waals surface area contributed by atoms with Crippen LogP contribution in [0.4, 0.5) is 4.79 Å². The fourth-order valence-corrected chi connectivity index (χ4v) is 4.99. The second-order valence-corrected chi connectivity index (χ2v) is 10.9. The van der Waals surface area contributed by atoms with Crippen molar-refractivity contribution in [3.05, 3.63) is 61.2 Å². The molecule has 1 aliphatic heterocycles. The van der Waals surface area contributed by atoms with E-state index < -0.39 is 18.1 Å². The number of benzene rings is 1. The zero-order valence-corrected chi connectivity index (χ0v) is 25.3. The normalized spacial score (nSPS) is 15.7. The Balaban J connectivity index is 1.87. The molecule has 1 fully saturated rings. The molecule has 238 valence electrons. The van der Waals surface area contributed by atoms with E-state index in [1.54, 1.807) is 11.0 Å². The molecule has 1 aromatic carbocycles. The van der Waals surface area contributed by atoms with Crippen molar-refractivity contribution < 1.29 is 33.8 Å². The lowest BCUT2D eigenvalue weighted by atomic mass is 9.98. The summed E-state index contributed by atoms with van der Waals surface area (Å²) in [4.78, 5) is 52.2. The fourth-order valence-electron chi connectivity index (χ4n) is 4.99. The van der Waals surface area contributed by atoms with Gasteiger partial charge in [-0.2, -0.15) is 0 Å². The second-order valence-electron chi connectivity index (χ2n) is 10.9. The molecule has 0 radical (unpaired) electrons. The predicted molar refractivity (Wildman–Crippen MR) is 165 cm³/mol. The summed E-state index contributed by atoms with van der Waals surface area (Å²) in [7, 11) is 0. The number of hydrogen-bond acceptors (Lipinski definition) is 7. The molecule has 0 aromatic heterocycles. The van der Waals surface area contributed by atoms with Crippen molar-refractivity contribution in [1.29, 1.82) is 0 Å². The first-order chi connectivity index (χ1) is 20.9. The predicted octanol–water partition coefficient (Wildman–Crippen LogP) is 4.42. The quantitative estimate of drug-likeness (QED) is 0.108. The number of nitrogens with one attached hydrogen (secondary N) is 2. The Morgan fingerprint density at radius 2 is 1.84 bits per heavy atom. The minimum atomic E-state index is -0.622. The fraction of sp³-hybridized carbons (Fsp3) is 0.576. The van der Waals surface area contributed by atoms with Gasteiger partial charge in [0, 0.05) is 25.9 Å². The molecule has 10 nitrogen and oxygen atoms in total. The molecular weight excluding hydrogens is 550 g/mol. The van der Waals surface area contributed by atoms with Gasteiger partial charge in [0.15, 0.2) is 0 Å². The number of likely N-dealkylation sites (tertiary alicyclic amines) is 1. The van der Waals surface area contributed by atoms with Gasteiger partial charge in [0.05, 0.1) is 24.6 Å². The molecule has 3 amide bonds. The third kappa shape index (κ3) is 14.4. The van der Waals surface area contributed by atoms with Crippen LogP contribution in [0.1, 0.15) is 76.2 Å². The Morgan fingerprint density at radius 3 is 2.56 bits per heavy atom. The van der Waals surface area contributed by atoms with Crippen LogP contribution in [0.3, 0.4) is 0 Å². The van der Waals surface area contributed by atoms with E-state index in [1.165, 1.54) is 0 Å². The van der Waals surface area contributed by atoms with Crippen molar-refractivity contribution in [3.8, 4) is 0 Å². The number of alkyl carbamates (subject to hydrolysis) is 1. The van der Waals surface area contributed by atoms with Crippen molar-refractivity contribution >= 4 is 23.9 Å². The first-order valence-corrected chi connectivity index (χ1v) is 15.4. The first-order valence-electron chi connectivity index (χ1n) is 15.4. The second kappa shape index (κ2) is 21.1. The molecule has 10 heteroatoms. The molecular formula is C33H49N3O7. The number of unbranched alkanes of at least 4 members (excludes halogenated alkanes) is 3. The molecule has 43 heavy (non-hydrogen) atoms. The third-order valence-corrected chi connectivity index (χ3v) is 7.44. The summed E-state index contributed by atoms with van der Waals surface area (Å²) in [6, 6.07) is 8.75. The minimum Gasteiger partial charge on any atom is -0.463 e. The van der Waals surface area contributed by atoms with E-state index in [0.717, 1.165) is 31.2 Å². The van der Waals surface area contributed by atoms with Gasteiger partial charge in [-0.05, 0) is 63.4 Å². The standard InChI is InChI=1S/C33H49N3O7/c1-3-5-6-10-19-31(39)42-25-28(17-11-12-20-34-33(41)43-24-26-15-8-7-9-16-26)35-32(40)27(14-4-2)22-30(38)36-21-13-18-29(36)23-37/h3-4,7-9,15-16,27-29,37H,1-2,5-6,10-14,17-25H2,(H,34,41)(H,35,40)/t27-,28+,29+/m1/s1. The van der Waals surface area contributed by atoms with Gasteiger partial charge in [0.25, 0.3) is 0 Å². The number of carbonyl (C=O) groups excluding carboxylic acids is 4. The molecule has 1 aliphatic rings. The smallest absolute Gasteiger partial charge is 0.407 e. The van der Waals surface area contributed by atoms with Crippen LogP contribution >= 0.6 is 0 Å². The van der Waals surface area contributed by atoms with Crippen molar-refractivity contribution in [1.82, 2.24) is 15.5 Å². The number of carbonyl (C=O) groups is 4. The number of rotatable bonds is 21. The van der Waals surface area contributed by atoms with E-state index in [-0.39, 0.29) is 50.1 Å². The number of esters is 1. The van der Waals surface area contributed by atoms with Crippen LogP contribution in [0.15, 0.2) is 55.6 Å². The largest absolute Gasteiger partial charge is 0.463 e. The summed E-state index contributed by atoms with van der Waals surface area (Å²) >= 11 is 0. The lowest BCUT2D eigenvalue weighted by Crippen LogP contribution is -2.44. The summed E-state index contributed by atoms with van der Waals surface area (Å²) in [6.07, 6.45) is 9.31. The average molecular weight is 600 g/mol. The molecule has 1 saturated heterocycles. The zero-order chi connectivity index (χ0) is 31.3. The van der Waals surface area contributed by atoms with Gasteiger partial charge in [0.2, 0.25) is 11.8 Å². The summed E-state index contributed by atoms with van der Waals surface area (Å²) in [5.74, 6) is -1.41. The minimum absolute atomic E-state index is 0.0131. The molecule has 0 spiro atoms. The zero-order valence-electron chi connectivity index (χ0n) is 25.3. The lowest BCUT2D eigenvalue weighted by molar-refractivity contribution is -0.145. The van der Waals surface area contributed by atoms with Crippen molar-refractivity contribution in [2.24, 2.45) is 5.92 Å². The Labute approximate surface area is 255 Å². The number of amides is 3. The highest BCUT2D eigenvalue weighted by Crippen LogP contribution is 2.21. The third-order valence-electron chi connectivity index (χ3n) is 7.44. The van der Waals surface area contributed by atoms with E-state index in [2.05, 4.69) is 23.8 Å². The summed E-state index contributed by atoms with van der Waals surface area (Å²) in [6.45, 7) is 8.52. The van der Waals surface area contributed by atoms with Gasteiger partial charge >= 0.3 is 12.1 Å². The van der Waals surface area contributed by atoms with E-state index in [1.807, 2.05) is 36.4 Å². The van der Waals surface area contributed by atoms with Gasteiger partial charge in [-0.15, -0.1) is 13.2 Å². The number of aliphatic hydroxyl groups excluding tert-OH is 1. The van der Waals surface area contributed by atoms with Crippen LogP contribution in [0.2, 0.25) is 0 Å². The van der Waals surface area contributed by atoms with Crippen LogP contribution < -0.4 is 10.6 Å². The highest BCUT2D eigenvalue weighted by Gasteiger charge is 2.31. The molecule has 1 heterocycles.